The predicted molar refractivity (Wildman–Crippen MR) is 78.0 cm³/mol. The van der Waals surface area contributed by atoms with Crippen LogP contribution in [0.15, 0.2) is 23.1 Å². The van der Waals surface area contributed by atoms with Crippen LogP contribution in [0.5, 0.6) is 5.75 Å². The van der Waals surface area contributed by atoms with Gasteiger partial charge in [0.2, 0.25) is 0 Å². The summed E-state index contributed by atoms with van der Waals surface area (Å²) in [6, 6.07) is 3.55. The highest BCUT2D eigenvalue weighted by molar-refractivity contribution is 6.18. The van der Waals surface area contributed by atoms with Crippen LogP contribution in [0.2, 0.25) is 0 Å². The summed E-state index contributed by atoms with van der Waals surface area (Å²) in [5.41, 5.74) is 1.76. The highest BCUT2D eigenvalue weighted by atomic mass is 35.5. The third-order valence-corrected chi connectivity index (χ3v) is 3.20. The van der Waals surface area contributed by atoms with Crippen LogP contribution in [-0.2, 0) is 11.2 Å². The summed E-state index contributed by atoms with van der Waals surface area (Å²) in [5, 5.41) is 0. The number of hydrogen-bond donors (Lipinski definition) is 0. The number of hydrogen-bond acceptors (Lipinski definition) is 4. The second-order valence-corrected chi connectivity index (χ2v) is 4.71. The van der Waals surface area contributed by atoms with Gasteiger partial charge in [0.1, 0.15) is 6.61 Å². The first kappa shape index (κ1) is 14.8. The summed E-state index contributed by atoms with van der Waals surface area (Å²) < 4.78 is 12.0. The lowest BCUT2D eigenvalue weighted by Crippen LogP contribution is -2.22. The molecule has 0 aromatic carbocycles. The maximum atomic E-state index is 12.4. The molecular weight excluding hydrogens is 280 g/mol. The van der Waals surface area contributed by atoms with Crippen LogP contribution >= 0.6 is 11.6 Å². The van der Waals surface area contributed by atoms with Crippen molar-refractivity contribution in [2.75, 3.05) is 26.2 Å². The average Bonchev–Trinajstić information content (AvgIpc) is 2.44. The van der Waals surface area contributed by atoms with Gasteiger partial charge in [0.05, 0.1) is 6.61 Å². The zero-order valence-corrected chi connectivity index (χ0v) is 12.3. The second-order valence-electron chi connectivity index (χ2n) is 4.33. The van der Waals surface area contributed by atoms with Gasteiger partial charge in [0.15, 0.2) is 11.4 Å². The van der Waals surface area contributed by atoms with Crippen LogP contribution in [0.25, 0.3) is 5.65 Å². The van der Waals surface area contributed by atoms with E-state index in [-0.39, 0.29) is 5.56 Å². The molecule has 6 heteroatoms. The van der Waals surface area contributed by atoms with E-state index in [1.54, 1.807) is 25.4 Å². The fraction of sp³-hybridized carbons (Fsp3) is 0.429. The lowest BCUT2D eigenvalue weighted by atomic mass is 10.2. The largest absolute Gasteiger partial charge is 0.487 e. The SMILES string of the molecule is COCCOc1cccn2c(=O)c(CCCl)c(C)nc12. The van der Waals surface area contributed by atoms with Crippen molar-refractivity contribution in [3.05, 3.63) is 39.9 Å². The molecule has 0 aliphatic heterocycles. The maximum Gasteiger partial charge on any atom is 0.261 e. The van der Waals surface area contributed by atoms with Crippen molar-refractivity contribution in [1.82, 2.24) is 9.38 Å². The van der Waals surface area contributed by atoms with Gasteiger partial charge < -0.3 is 9.47 Å². The summed E-state index contributed by atoms with van der Waals surface area (Å²) in [6.07, 6.45) is 2.20. The molecule has 2 aromatic rings. The number of halogens is 1. The van der Waals surface area contributed by atoms with E-state index in [1.165, 1.54) is 4.40 Å². The molecule has 2 aromatic heterocycles. The number of methoxy groups -OCH3 is 1. The zero-order valence-electron chi connectivity index (χ0n) is 11.6. The molecule has 0 aliphatic rings. The topological polar surface area (TPSA) is 52.8 Å². The first-order valence-corrected chi connectivity index (χ1v) is 6.91. The lowest BCUT2D eigenvalue weighted by molar-refractivity contribution is 0.147. The number of rotatable bonds is 6. The molecule has 108 valence electrons. The van der Waals surface area contributed by atoms with Crippen molar-refractivity contribution >= 4 is 17.2 Å². The molecule has 2 rings (SSSR count). The fourth-order valence-corrected chi connectivity index (χ4v) is 2.20. The molecule has 0 unspecified atom stereocenters. The third-order valence-electron chi connectivity index (χ3n) is 3.01. The molecule has 2 heterocycles. The summed E-state index contributed by atoms with van der Waals surface area (Å²) in [4.78, 5) is 16.9. The molecule has 0 saturated heterocycles. The third kappa shape index (κ3) is 2.94. The molecule has 0 saturated carbocycles. The van der Waals surface area contributed by atoms with Crippen LogP contribution in [0.4, 0.5) is 0 Å². The van der Waals surface area contributed by atoms with Gasteiger partial charge in [-0.25, -0.2) is 4.98 Å². The van der Waals surface area contributed by atoms with E-state index in [1.807, 2.05) is 6.92 Å². The standard InChI is InChI=1S/C14H17ClN2O3/c1-10-11(5-6-15)14(18)17-7-3-4-12(13(17)16-10)20-9-8-19-2/h3-4,7H,5-6,8-9H2,1-2H3. The van der Waals surface area contributed by atoms with Gasteiger partial charge in [-0.15, -0.1) is 11.6 Å². The molecule has 0 amide bonds. The van der Waals surface area contributed by atoms with E-state index in [0.29, 0.717) is 48.2 Å². The van der Waals surface area contributed by atoms with Crippen molar-refractivity contribution in [2.24, 2.45) is 0 Å². The van der Waals surface area contributed by atoms with Gasteiger partial charge in [-0.1, -0.05) is 0 Å². The van der Waals surface area contributed by atoms with Crippen LogP contribution in [0, 0.1) is 6.92 Å². The molecule has 0 fully saturated rings. The number of nitrogens with zero attached hydrogens (tertiary/aromatic N) is 2. The van der Waals surface area contributed by atoms with Gasteiger partial charge in [0, 0.05) is 30.4 Å². The monoisotopic (exact) mass is 296 g/mol. The van der Waals surface area contributed by atoms with Crippen LogP contribution < -0.4 is 10.3 Å². The first-order chi connectivity index (χ1) is 9.69. The summed E-state index contributed by atoms with van der Waals surface area (Å²) in [7, 11) is 1.61. The Morgan fingerprint density at radius 1 is 1.40 bits per heavy atom. The molecule has 0 atom stereocenters. The van der Waals surface area contributed by atoms with Crippen molar-refractivity contribution in [2.45, 2.75) is 13.3 Å². The van der Waals surface area contributed by atoms with E-state index in [9.17, 15) is 4.79 Å². The quantitative estimate of drug-likeness (QED) is 0.602. The first-order valence-electron chi connectivity index (χ1n) is 6.37. The molecular formula is C14H17ClN2O3. The van der Waals surface area contributed by atoms with Crippen molar-refractivity contribution in [1.29, 1.82) is 0 Å². The Balaban J connectivity index is 2.50. The number of fused-ring (bicyclic) bond motifs is 1. The molecule has 0 aliphatic carbocycles. The van der Waals surface area contributed by atoms with E-state index in [0.717, 1.165) is 0 Å². The van der Waals surface area contributed by atoms with Gasteiger partial charge in [0.25, 0.3) is 5.56 Å². The molecule has 0 radical (unpaired) electrons. The molecule has 0 N–H and O–H groups in total. The van der Waals surface area contributed by atoms with Gasteiger partial charge in [-0.05, 0) is 25.5 Å². The normalized spacial score (nSPS) is 10.9. The minimum atomic E-state index is -0.0923. The van der Waals surface area contributed by atoms with Gasteiger partial charge in [-0.3, -0.25) is 9.20 Å². The smallest absolute Gasteiger partial charge is 0.261 e. The summed E-state index contributed by atoms with van der Waals surface area (Å²) in [5.74, 6) is 0.968. The highest BCUT2D eigenvalue weighted by Gasteiger charge is 2.12. The molecule has 0 spiro atoms. The summed E-state index contributed by atoms with van der Waals surface area (Å²) >= 11 is 5.73. The van der Waals surface area contributed by atoms with Crippen molar-refractivity contribution in [3.8, 4) is 5.75 Å². The Hall–Kier alpha value is -1.59. The van der Waals surface area contributed by atoms with Gasteiger partial charge >= 0.3 is 0 Å². The zero-order chi connectivity index (χ0) is 14.5. The minimum Gasteiger partial charge on any atom is -0.487 e. The minimum absolute atomic E-state index is 0.0923. The Morgan fingerprint density at radius 2 is 2.20 bits per heavy atom. The maximum absolute atomic E-state index is 12.4. The fourth-order valence-electron chi connectivity index (χ4n) is 2.01. The van der Waals surface area contributed by atoms with E-state index in [4.69, 9.17) is 21.1 Å². The van der Waals surface area contributed by atoms with Crippen molar-refractivity contribution < 1.29 is 9.47 Å². The van der Waals surface area contributed by atoms with Crippen LogP contribution in [0.1, 0.15) is 11.3 Å². The number of alkyl halides is 1. The molecule has 20 heavy (non-hydrogen) atoms. The van der Waals surface area contributed by atoms with Gasteiger partial charge in [-0.2, -0.15) is 0 Å². The Morgan fingerprint density at radius 3 is 2.90 bits per heavy atom. The Kier molecular flexibility index (Phi) is 4.98. The van der Waals surface area contributed by atoms with E-state index < -0.39 is 0 Å². The van der Waals surface area contributed by atoms with Crippen LogP contribution in [0.3, 0.4) is 0 Å². The highest BCUT2D eigenvalue weighted by Crippen LogP contribution is 2.17. The Bertz CT molecular complexity index is 655. The van der Waals surface area contributed by atoms with Crippen LogP contribution in [-0.4, -0.2) is 35.6 Å². The summed E-state index contributed by atoms with van der Waals surface area (Å²) in [6.45, 7) is 2.71. The molecule has 0 bridgehead atoms. The van der Waals surface area contributed by atoms with Crippen molar-refractivity contribution in [3.63, 3.8) is 0 Å². The average molecular weight is 297 g/mol. The molecule has 5 nitrogen and oxygen atoms in total. The lowest BCUT2D eigenvalue weighted by Gasteiger charge is -2.11. The van der Waals surface area contributed by atoms with E-state index in [2.05, 4.69) is 4.98 Å². The Labute approximate surface area is 122 Å². The number of ether oxygens (including phenoxy) is 2. The number of aryl methyl sites for hydroxylation is 1. The number of pyridine rings is 1. The predicted octanol–water partition coefficient (Wildman–Crippen LogP) is 1.81. The number of aromatic nitrogens is 2. The second kappa shape index (κ2) is 6.72. The van der Waals surface area contributed by atoms with E-state index >= 15 is 0 Å².